The smallest absolute Gasteiger partial charge is 0.243 e. The summed E-state index contributed by atoms with van der Waals surface area (Å²) in [7, 11) is -3.59. The van der Waals surface area contributed by atoms with Crippen molar-refractivity contribution in [1.29, 1.82) is 0 Å². The van der Waals surface area contributed by atoms with Crippen LogP contribution < -0.4 is 0 Å². The van der Waals surface area contributed by atoms with Crippen LogP contribution in [0.2, 0.25) is 0 Å². The number of nitrogens with zero attached hydrogens (tertiary/aromatic N) is 1. The van der Waals surface area contributed by atoms with Gasteiger partial charge < -0.3 is 4.79 Å². The average Bonchev–Trinajstić information content (AvgIpc) is 2.30. The normalized spacial score (nSPS) is 11.3. The number of carbonyl (C=O) groups excluding carboxylic acids is 1. The van der Waals surface area contributed by atoms with Gasteiger partial charge in [-0.05, 0) is 12.1 Å². The lowest BCUT2D eigenvalue weighted by Gasteiger charge is -2.17. The number of hydrogen-bond acceptors (Lipinski definition) is 3. The molecule has 0 radical (unpaired) electrons. The van der Waals surface area contributed by atoms with Crippen LogP contribution in [0.4, 0.5) is 0 Å². The second kappa shape index (κ2) is 5.58. The van der Waals surface area contributed by atoms with Gasteiger partial charge in [-0.3, -0.25) is 0 Å². The zero-order valence-electron chi connectivity index (χ0n) is 8.74. The van der Waals surface area contributed by atoms with Crippen LogP contribution in [0.1, 0.15) is 0 Å². The van der Waals surface area contributed by atoms with Gasteiger partial charge in [-0.2, -0.15) is 4.31 Å². The Balaban J connectivity index is 3.07. The number of benzene rings is 1. The Labute approximate surface area is 95.2 Å². The van der Waals surface area contributed by atoms with E-state index in [9.17, 15) is 13.2 Å². The van der Waals surface area contributed by atoms with Crippen molar-refractivity contribution in [2.75, 3.05) is 13.1 Å². The molecule has 1 aromatic carbocycles. The van der Waals surface area contributed by atoms with Crippen LogP contribution in [0.5, 0.6) is 0 Å². The Kier molecular flexibility index (Phi) is 4.39. The van der Waals surface area contributed by atoms with Crippen molar-refractivity contribution >= 4 is 16.3 Å². The maximum atomic E-state index is 12.0. The molecule has 5 heteroatoms. The summed E-state index contributed by atoms with van der Waals surface area (Å²) < 4.78 is 25.1. The molecule has 0 saturated heterocycles. The number of rotatable bonds is 6. The first-order valence-electron chi connectivity index (χ1n) is 4.72. The van der Waals surface area contributed by atoms with E-state index in [0.717, 1.165) is 4.31 Å². The van der Waals surface area contributed by atoms with Gasteiger partial charge >= 0.3 is 0 Å². The molecule has 0 bridgehead atoms. The van der Waals surface area contributed by atoms with Crippen molar-refractivity contribution in [3.8, 4) is 0 Å². The van der Waals surface area contributed by atoms with Crippen LogP contribution >= 0.6 is 0 Å². The molecule has 0 amide bonds. The molecule has 0 fully saturated rings. The molecule has 86 valence electrons. The van der Waals surface area contributed by atoms with E-state index in [1.807, 2.05) is 0 Å². The van der Waals surface area contributed by atoms with Gasteiger partial charge in [-0.1, -0.05) is 24.3 Å². The summed E-state index contributed by atoms with van der Waals surface area (Å²) in [6.07, 6.45) is 2.01. The van der Waals surface area contributed by atoms with Gasteiger partial charge in [0, 0.05) is 6.54 Å². The van der Waals surface area contributed by atoms with Gasteiger partial charge in [0.1, 0.15) is 6.29 Å². The van der Waals surface area contributed by atoms with Gasteiger partial charge in [-0.15, -0.1) is 6.58 Å². The molecule has 0 spiro atoms. The average molecular weight is 239 g/mol. The van der Waals surface area contributed by atoms with Gasteiger partial charge in [0.25, 0.3) is 0 Å². The lowest BCUT2D eigenvalue weighted by molar-refractivity contribution is -0.108. The highest BCUT2D eigenvalue weighted by Gasteiger charge is 2.22. The Morgan fingerprint density at radius 2 is 1.81 bits per heavy atom. The molecule has 0 aromatic heterocycles. The zero-order chi connectivity index (χ0) is 12.0. The maximum Gasteiger partial charge on any atom is 0.243 e. The van der Waals surface area contributed by atoms with E-state index in [1.165, 1.54) is 18.2 Å². The van der Waals surface area contributed by atoms with Gasteiger partial charge in [0.05, 0.1) is 11.4 Å². The van der Waals surface area contributed by atoms with E-state index in [4.69, 9.17) is 0 Å². The Morgan fingerprint density at radius 3 is 2.31 bits per heavy atom. The van der Waals surface area contributed by atoms with Crippen molar-refractivity contribution in [3.63, 3.8) is 0 Å². The first kappa shape index (κ1) is 12.6. The number of sulfonamides is 1. The number of hydrogen-bond donors (Lipinski definition) is 0. The predicted octanol–water partition coefficient (Wildman–Crippen LogP) is 1.06. The summed E-state index contributed by atoms with van der Waals surface area (Å²) in [6, 6.07) is 8.00. The fraction of sp³-hybridized carbons (Fsp3) is 0.182. The molecule has 0 aliphatic carbocycles. The monoisotopic (exact) mass is 239 g/mol. The van der Waals surface area contributed by atoms with E-state index in [1.54, 1.807) is 18.2 Å². The van der Waals surface area contributed by atoms with Crippen LogP contribution in [-0.4, -0.2) is 32.1 Å². The quantitative estimate of drug-likeness (QED) is 0.551. The SMILES string of the molecule is C=CCN(CC=O)S(=O)(=O)c1ccccc1. The van der Waals surface area contributed by atoms with Gasteiger partial charge in [0.2, 0.25) is 10.0 Å². The summed E-state index contributed by atoms with van der Waals surface area (Å²) in [5.74, 6) is 0. The molecule has 0 unspecified atom stereocenters. The van der Waals surface area contributed by atoms with E-state index >= 15 is 0 Å². The van der Waals surface area contributed by atoms with E-state index < -0.39 is 10.0 Å². The van der Waals surface area contributed by atoms with Crippen LogP contribution in [-0.2, 0) is 14.8 Å². The summed E-state index contributed by atoms with van der Waals surface area (Å²) in [6.45, 7) is 3.43. The molecular weight excluding hydrogens is 226 g/mol. The van der Waals surface area contributed by atoms with Crippen molar-refractivity contribution in [1.82, 2.24) is 4.31 Å². The topological polar surface area (TPSA) is 54.5 Å². The van der Waals surface area contributed by atoms with E-state index in [2.05, 4.69) is 6.58 Å². The van der Waals surface area contributed by atoms with Crippen LogP contribution in [0.3, 0.4) is 0 Å². The lowest BCUT2D eigenvalue weighted by atomic mass is 10.4. The molecule has 0 saturated carbocycles. The van der Waals surface area contributed by atoms with E-state index in [-0.39, 0.29) is 18.0 Å². The highest BCUT2D eigenvalue weighted by Crippen LogP contribution is 2.14. The largest absolute Gasteiger partial charge is 0.302 e. The zero-order valence-corrected chi connectivity index (χ0v) is 9.56. The van der Waals surface area contributed by atoms with Crippen LogP contribution in [0, 0.1) is 0 Å². The molecule has 4 nitrogen and oxygen atoms in total. The molecule has 0 aliphatic heterocycles. The lowest BCUT2D eigenvalue weighted by Crippen LogP contribution is -2.32. The summed E-state index contributed by atoms with van der Waals surface area (Å²) in [5, 5.41) is 0. The van der Waals surface area contributed by atoms with E-state index in [0.29, 0.717) is 6.29 Å². The van der Waals surface area contributed by atoms with Gasteiger partial charge in [-0.25, -0.2) is 8.42 Å². The minimum Gasteiger partial charge on any atom is -0.302 e. The Morgan fingerprint density at radius 1 is 1.19 bits per heavy atom. The van der Waals surface area contributed by atoms with Crippen molar-refractivity contribution < 1.29 is 13.2 Å². The fourth-order valence-corrected chi connectivity index (χ4v) is 2.60. The standard InChI is InChI=1S/C11H13NO3S/c1-2-8-12(9-10-13)16(14,15)11-6-4-3-5-7-11/h2-7,10H,1,8-9H2. The number of carbonyl (C=O) groups is 1. The number of aldehydes is 1. The summed E-state index contributed by atoms with van der Waals surface area (Å²) in [4.78, 5) is 10.6. The Bertz CT molecular complexity index is 443. The minimum atomic E-state index is -3.59. The third kappa shape index (κ3) is 2.77. The molecule has 0 atom stereocenters. The predicted molar refractivity (Wildman–Crippen MR) is 61.5 cm³/mol. The van der Waals surface area contributed by atoms with Crippen LogP contribution in [0.15, 0.2) is 47.9 Å². The molecule has 16 heavy (non-hydrogen) atoms. The highest BCUT2D eigenvalue weighted by atomic mass is 32.2. The fourth-order valence-electron chi connectivity index (χ4n) is 1.24. The first-order valence-corrected chi connectivity index (χ1v) is 6.16. The maximum absolute atomic E-state index is 12.0. The first-order chi connectivity index (χ1) is 7.62. The molecule has 0 aliphatic rings. The molecular formula is C11H13NO3S. The molecule has 1 aromatic rings. The molecule has 1 rings (SSSR count). The van der Waals surface area contributed by atoms with Gasteiger partial charge in [0.15, 0.2) is 0 Å². The van der Waals surface area contributed by atoms with Crippen LogP contribution in [0.25, 0.3) is 0 Å². The summed E-state index contributed by atoms with van der Waals surface area (Å²) >= 11 is 0. The van der Waals surface area contributed by atoms with Crippen molar-refractivity contribution in [2.24, 2.45) is 0 Å². The second-order valence-electron chi connectivity index (χ2n) is 3.09. The minimum absolute atomic E-state index is 0.121. The second-order valence-corrected chi connectivity index (χ2v) is 5.03. The molecule has 0 N–H and O–H groups in total. The van der Waals surface area contributed by atoms with Crippen molar-refractivity contribution in [3.05, 3.63) is 43.0 Å². The highest BCUT2D eigenvalue weighted by molar-refractivity contribution is 7.89. The Hall–Kier alpha value is -1.46. The summed E-state index contributed by atoms with van der Waals surface area (Å²) in [5.41, 5.74) is 0. The molecule has 0 heterocycles. The van der Waals surface area contributed by atoms with Crippen molar-refractivity contribution in [2.45, 2.75) is 4.90 Å². The third-order valence-electron chi connectivity index (χ3n) is 1.99. The third-order valence-corrected chi connectivity index (χ3v) is 3.84.